The summed E-state index contributed by atoms with van der Waals surface area (Å²) in [5, 5.41) is 1.42. The van der Waals surface area contributed by atoms with Gasteiger partial charge in [-0.2, -0.15) is 0 Å². The van der Waals surface area contributed by atoms with E-state index in [2.05, 4.69) is 19.9 Å². The van der Waals surface area contributed by atoms with Gasteiger partial charge in [0.15, 0.2) is 0 Å². The van der Waals surface area contributed by atoms with Gasteiger partial charge in [0, 0.05) is 30.2 Å². The summed E-state index contributed by atoms with van der Waals surface area (Å²) >= 11 is 13.0. The monoisotopic (exact) mass is 569 g/mol. The SMILES string of the molecule is CCc1cccc2c(/C=C3\SC(=O)N(Cc4ccc(Cl)c(Cl)c4)C3=O)cn(CC(=O)N3CCC(C)CC3)c12. The summed E-state index contributed by atoms with van der Waals surface area (Å²) in [7, 11) is 0. The highest BCUT2D eigenvalue weighted by Crippen LogP contribution is 2.36. The van der Waals surface area contributed by atoms with Crippen molar-refractivity contribution in [1.82, 2.24) is 14.4 Å². The number of nitrogens with zero attached hydrogens (tertiary/aromatic N) is 3. The number of aromatic nitrogens is 1. The molecule has 0 saturated carbocycles. The lowest BCUT2D eigenvalue weighted by Gasteiger charge is -2.30. The molecule has 0 bridgehead atoms. The molecular weight excluding hydrogens is 541 g/mol. The maximum absolute atomic E-state index is 13.2. The lowest BCUT2D eigenvalue weighted by atomic mass is 9.99. The lowest BCUT2D eigenvalue weighted by molar-refractivity contribution is -0.133. The third kappa shape index (κ3) is 5.37. The van der Waals surface area contributed by atoms with Crippen molar-refractivity contribution in [3.05, 3.63) is 74.2 Å². The number of para-hydroxylation sites is 1. The molecule has 0 N–H and O–H groups in total. The Morgan fingerprint density at radius 2 is 1.87 bits per heavy atom. The van der Waals surface area contributed by atoms with Gasteiger partial charge in [-0.05, 0) is 66.3 Å². The molecule has 2 aliphatic heterocycles. The van der Waals surface area contributed by atoms with Crippen molar-refractivity contribution in [3.8, 4) is 0 Å². The number of hydrogen-bond donors (Lipinski definition) is 0. The first-order valence-corrected chi connectivity index (χ1v) is 14.4. The minimum Gasteiger partial charge on any atom is -0.341 e. The fourth-order valence-corrected chi connectivity index (χ4v) is 6.24. The predicted octanol–water partition coefficient (Wildman–Crippen LogP) is 7.01. The van der Waals surface area contributed by atoms with Crippen LogP contribution in [-0.4, -0.2) is 44.5 Å². The summed E-state index contributed by atoms with van der Waals surface area (Å²) in [5.41, 5.74) is 3.66. The second-order valence-corrected chi connectivity index (χ2v) is 11.8. The van der Waals surface area contributed by atoms with E-state index >= 15 is 0 Å². The van der Waals surface area contributed by atoms with Gasteiger partial charge in [0.1, 0.15) is 6.54 Å². The van der Waals surface area contributed by atoms with E-state index in [1.54, 1.807) is 24.3 Å². The number of halogens is 2. The number of rotatable bonds is 6. The van der Waals surface area contributed by atoms with Gasteiger partial charge >= 0.3 is 0 Å². The number of piperidine rings is 1. The molecule has 5 rings (SSSR count). The summed E-state index contributed by atoms with van der Waals surface area (Å²) in [4.78, 5) is 42.7. The van der Waals surface area contributed by atoms with E-state index in [4.69, 9.17) is 23.2 Å². The Kier molecular flexibility index (Phi) is 7.89. The van der Waals surface area contributed by atoms with Crippen LogP contribution < -0.4 is 0 Å². The van der Waals surface area contributed by atoms with Crippen molar-refractivity contribution in [1.29, 1.82) is 0 Å². The Balaban J connectivity index is 1.44. The van der Waals surface area contributed by atoms with Crippen LogP contribution in [0, 0.1) is 5.92 Å². The summed E-state index contributed by atoms with van der Waals surface area (Å²) in [6, 6.07) is 11.1. The quantitative estimate of drug-likeness (QED) is 0.299. The average molecular weight is 571 g/mol. The summed E-state index contributed by atoms with van der Waals surface area (Å²) < 4.78 is 2.00. The third-order valence-electron chi connectivity index (χ3n) is 7.32. The summed E-state index contributed by atoms with van der Waals surface area (Å²) in [6.07, 6.45) is 6.58. The van der Waals surface area contributed by atoms with Crippen LogP contribution in [-0.2, 0) is 29.1 Å². The number of imide groups is 1. The molecule has 2 fully saturated rings. The fraction of sp³-hybridized carbons (Fsp3) is 0.345. The van der Waals surface area contributed by atoms with Gasteiger partial charge in [0.2, 0.25) is 5.91 Å². The van der Waals surface area contributed by atoms with Gasteiger partial charge in [0.25, 0.3) is 11.1 Å². The zero-order valence-electron chi connectivity index (χ0n) is 21.4. The van der Waals surface area contributed by atoms with Crippen LogP contribution in [0.3, 0.4) is 0 Å². The Morgan fingerprint density at radius 3 is 2.58 bits per heavy atom. The molecule has 3 aromatic rings. The zero-order valence-corrected chi connectivity index (χ0v) is 23.7. The standard InChI is InChI=1S/C29H29Cl2N3O3S/c1-3-20-5-4-6-22-21(16-33(27(20)22)17-26(35)32-11-9-18(2)10-12-32)14-25-28(36)34(29(37)38-25)15-19-7-8-23(30)24(31)13-19/h4-8,13-14,16,18H,3,9-12,15,17H2,1-2H3/b25-14-. The fourth-order valence-electron chi connectivity index (χ4n) is 5.09. The highest BCUT2D eigenvalue weighted by molar-refractivity contribution is 8.18. The number of amides is 3. The molecule has 198 valence electrons. The van der Waals surface area contributed by atoms with Gasteiger partial charge in [0.05, 0.1) is 27.0 Å². The van der Waals surface area contributed by atoms with E-state index in [0.717, 1.165) is 71.7 Å². The Bertz CT molecular complexity index is 1460. The number of hydrogen-bond acceptors (Lipinski definition) is 4. The van der Waals surface area contributed by atoms with E-state index in [-0.39, 0.29) is 30.1 Å². The summed E-state index contributed by atoms with van der Waals surface area (Å²) in [6.45, 7) is 6.26. The molecule has 0 aliphatic carbocycles. The molecule has 0 atom stereocenters. The Labute approximate surface area is 236 Å². The number of aryl methyl sites for hydroxylation is 1. The number of carbonyl (C=O) groups excluding carboxylic acids is 3. The molecule has 6 nitrogen and oxygen atoms in total. The van der Waals surface area contributed by atoms with Crippen molar-refractivity contribution in [2.24, 2.45) is 5.92 Å². The first kappa shape index (κ1) is 26.9. The largest absolute Gasteiger partial charge is 0.341 e. The molecule has 3 amide bonds. The molecule has 2 aliphatic rings. The van der Waals surface area contributed by atoms with Crippen LogP contribution in [0.15, 0.2) is 47.5 Å². The smallest absolute Gasteiger partial charge is 0.293 e. The first-order chi connectivity index (χ1) is 18.2. The highest BCUT2D eigenvalue weighted by atomic mass is 35.5. The molecule has 0 unspecified atom stereocenters. The zero-order chi connectivity index (χ0) is 27.0. The van der Waals surface area contributed by atoms with E-state index in [1.807, 2.05) is 27.8 Å². The van der Waals surface area contributed by atoms with Crippen molar-refractivity contribution >= 4 is 69.0 Å². The first-order valence-electron chi connectivity index (χ1n) is 12.8. The van der Waals surface area contributed by atoms with E-state index in [1.165, 1.54) is 4.90 Å². The maximum atomic E-state index is 13.2. The van der Waals surface area contributed by atoms with E-state index in [0.29, 0.717) is 20.9 Å². The molecule has 2 aromatic carbocycles. The molecule has 38 heavy (non-hydrogen) atoms. The number of fused-ring (bicyclic) bond motifs is 1. The van der Waals surface area contributed by atoms with Gasteiger partial charge in [-0.3, -0.25) is 19.3 Å². The van der Waals surface area contributed by atoms with Gasteiger partial charge in [-0.15, -0.1) is 0 Å². The van der Waals surface area contributed by atoms with Crippen LogP contribution in [0.25, 0.3) is 17.0 Å². The number of carbonyl (C=O) groups is 3. The molecule has 9 heteroatoms. The predicted molar refractivity (Wildman–Crippen MR) is 154 cm³/mol. The molecular formula is C29H29Cl2N3O3S. The van der Waals surface area contributed by atoms with E-state index in [9.17, 15) is 14.4 Å². The Morgan fingerprint density at radius 1 is 1.11 bits per heavy atom. The number of likely N-dealkylation sites (tertiary alicyclic amines) is 1. The second-order valence-electron chi connectivity index (χ2n) is 9.96. The topological polar surface area (TPSA) is 62.6 Å². The van der Waals surface area contributed by atoms with Crippen LogP contribution in [0.4, 0.5) is 4.79 Å². The highest BCUT2D eigenvalue weighted by Gasteiger charge is 2.35. The molecule has 2 saturated heterocycles. The van der Waals surface area contributed by atoms with Crippen molar-refractivity contribution < 1.29 is 14.4 Å². The minimum absolute atomic E-state index is 0.105. The van der Waals surface area contributed by atoms with Crippen LogP contribution >= 0.6 is 35.0 Å². The van der Waals surface area contributed by atoms with Crippen molar-refractivity contribution in [3.63, 3.8) is 0 Å². The summed E-state index contributed by atoms with van der Waals surface area (Å²) in [5.74, 6) is 0.405. The third-order valence-corrected chi connectivity index (χ3v) is 8.97. The lowest BCUT2D eigenvalue weighted by Crippen LogP contribution is -2.39. The van der Waals surface area contributed by atoms with Crippen molar-refractivity contribution in [2.45, 2.75) is 46.2 Å². The minimum atomic E-state index is -0.350. The van der Waals surface area contributed by atoms with Crippen LogP contribution in [0.5, 0.6) is 0 Å². The van der Waals surface area contributed by atoms with Gasteiger partial charge < -0.3 is 9.47 Å². The van der Waals surface area contributed by atoms with Gasteiger partial charge in [-0.1, -0.05) is 61.3 Å². The molecule has 0 spiro atoms. The molecule has 1 aromatic heterocycles. The Hall–Kier alpha value is -2.74. The molecule has 3 heterocycles. The van der Waals surface area contributed by atoms with Gasteiger partial charge in [-0.25, -0.2) is 0 Å². The van der Waals surface area contributed by atoms with E-state index < -0.39 is 0 Å². The molecule has 0 radical (unpaired) electrons. The average Bonchev–Trinajstić information content (AvgIpc) is 3.38. The maximum Gasteiger partial charge on any atom is 0.293 e. The second kappa shape index (κ2) is 11.2. The number of thioether (sulfide) groups is 1. The normalized spacial score (nSPS) is 17.8. The van der Waals surface area contributed by atoms with Crippen LogP contribution in [0.2, 0.25) is 10.0 Å². The number of benzene rings is 2. The van der Waals surface area contributed by atoms with Crippen molar-refractivity contribution in [2.75, 3.05) is 13.1 Å². The van der Waals surface area contributed by atoms with Crippen LogP contribution in [0.1, 0.15) is 43.4 Å².